The van der Waals surface area contributed by atoms with Crippen LogP contribution in [0.2, 0.25) is 0 Å². The van der Waals surface area contributed by atoms with Crippen LogP contribution in [-0.4, -0.2) is 114 Å². The molecule has 7 N–H and O–H groups in total. The third-order valence-electron chi connectivity index (χ3n) is 14.3. The highest BCUT2D eigenvalue weighted by Crippen LogP contribution is 2.46. The van der Waals surface area contributed by atoms with Crippen LogP contribution in [0.4, 0.5) is 10.1 Å². The third-order valence-corrected chi connectivity index (χ3v) is 18.0. The summed E-state index contributed by atoms with van der Waals surface area (Å²) in [6, 6.07) is 15.0. The number of carbonyl (C=O) groups excluding carboxylic acids is 7. The number of aliphatic hydroxyl groups is 1. The number of esters is 1. The molecule has 79 heavy (non-hydrogen) atoms. The fraction of sp³-hybridized carbons (Fsp3) is 0.370. The molecule has 0 bridgehead atoms. The van der Waals surface area contributed by atoms with E-state index in [1.165, 1.54) is 4.57 Å². The summed E-state index contributed by atoms with van der Waals surface area (Å²) in [4.78, 5) is 114. The number of aromatic nitrogens is 3. The highest BCUT2D eigenvalue weighted by molar-refractivity contribution is 7.94. The van der Waals surface area contributed by atoms with Gasteiger partial charge in [-0.2, -0.15) is 0 Å². The number of unbranched alkanes of at least 4 members (excludes halogenated alkanes) is 2. The fourth-order valence-corrected chi connectivity index (χ4v) is 13.1. The normalized spacial score (nSPS) is 16.4. The van der Waals surface area contributed by atoms with Gasteiger partial charge in [0.25, 0.3) is 11.5 Å². The van der Waals surface area contributed by atoms with Crippen molar-refractivity contribution in [1.29, 1.82) is 0 Å². The van der Waals surface area contributed by atoms with Gasteiger partial charge in [-0.3, -0.25) is 33.6 Å². The zero-order valence-electron chi connectivity index (χ0n) is 42.6. The van der Waals surface area contributed by atoms with Gasteiger partial charge in [-0.15, -0.1) is 11.3 Å². The van der Waals surface area contributed by atoms with Crippen LogP contribution in [0.25, 0.3) is 32.5 Å². The van der Waals surface area contributed by atoms with Crippen molar-refractivity contribution in [2.24, 2.45) is 0 Å². The molecule has 1 saturated carbocycles. The smallest absolute Gasteiger partial charge is 0.343 e. The second-order valence-electron chi connectivity index (χ2n) is 19.7. The van der Waals surface area contributed by atoms with E-state index in [0.717, 1.165) is 17.4 Å². The van der Waals surface area contributed by atoms with Gasteiger partial charge in [-0.05, 0) is 67.5 Å². The molecular formula is C54H54FN9O13S2. The molecular weight excluding hydrogens is 1070 g/mol. The Labute approximate surface area is 454 Å². The number of anilines is 1. The monoisotopic (exact) mass is 1120 g/mol. The van der Waals surface area contributed by atoms with E-state index in [4.69, 9.17) is 14.5 Å². The summed E-state index contributed by atoms with van der Waals surface area (Å²) in [5.41, 5.74) is 1.32. The summed E-state index contributed by atoms with van der Waals surface area (Å²) in [5, 5.41) is 26.6. The van der Waals surface area contributed by atoms with E-state index in [1.54, 1.807) is 61.5 Å². The Morgan fingerprint density at radius 2 is 1.61 bits per heavy atom. The molecule has 4 aliphatic rings. The number of fused-ring (bicyclic) bond motifs is 6. The van der Waals surface area contributed by atoms with Gasteiger partial charge >= 0.3 is 5.97 Å². The van der Waals surface area contributed by atoms with Crippen molar-refractivity contribution in [2.75, 3.05) is 38.1 Å². The highest BCUT2D eigenvalue weighted by atomic mass is 32.2. The lowest BCUT2D eigenvalue weighted by atomic mass is 9.86. The molecule has 2 atom stereocenters. The van der Waals surface area contributed by atoms with E-state index in [2.05, 4.69) is 36.9 Å². The number of nitrogens with one attached hydrogen (secondary N) is 6. The predicted octanol–water partition coefficient (Wildman–Crippen LogP) is 2.70. The number of cyclic esters (lactones) is 1. The number of carbonyl (C=O) groups is 7. The molecule has 412 valence electrons. The maximum absolute atomic E-state index is 16.1. The van der Waals surface area contributed by atoms with E-state index >= 15 is 4.39 Å². The number of hydrogen-bond acceptors (Lipinski definition) is 16. The van der Waals surface area contributed by atoms with Gasteiger partial charge < -0.3 is 51.0 Å². The topological polar surface area (TPSA) is 312 Å². The minimum atomic E-state index is -3.44. The molecule has 25 heteroatoms. The standard InChI is InChI=1S/C54H54FN9O13S2/c1-2-54(73)34-21-39-46-32(26-64(39)51(71)33(34)27-77-52(54)72)31-16-18-76-48-45(31)37(61-46)22-35(55)47(48)63-44(68)25-59-50(70)38(19-28-9-5-3-6-10-28)60-43(67)24-58-42(66)23-57-41(65)11-7-4-8-17-56-49(69)29-12-15-36-40(20-29)78-53(62-36)79(74,75)30-13-14-30/h3,5-6,9-10,12,15,20-22,30,38,73H,2,4,7-8,11,13-14,16-19,23-27H2,1H3,(H,56,69)(H,57,65)(H,58,66)(H,59,70)(H,60,67)(H,63,68)/t38-,54-/m0/s1. The summed E-state index contributed by atoms with van der Waals surface area (Å²) >= 11 is 1.05. The second kappa shape index (κ2) is 22.3. The second-order valence-corrected chi connectivity index (χ2v) is 23.1. The van der Waals surface area contributed by atoms with Crippen molar-refractivity contribution < 1.29 is 61.0 Å². The molecule has 6 heterocycles. The SMILES string of the molecule is CC[C@@]1(O)C(=O)OCc2c1cc1n(c2=O)Cc2c-1nc1cc(F)c(NC(=O)CNC(=O)[C@H](Cc3ccccc3)NC(=O)CNC(=O)CNC(=O)CCCCCNC(=O)c3ccc4nc(S(=O)(=O)C5CC5)sc4c3)c3c1c2CCO3. The summed E-state index contributed by atoms with van der Waals surface area (Å²) in [7, 11) is -3.44. The van der Waals surface area contributed by atoms with Gasteiger partial charge in [-0.25, -0.2) is 27.6 Å². The van der Waals surface area contributed by atoms with Crippen LogP contribution in [0.5, 0.6) is 5.75 Å². The Morgan fingerprint density at radius 1 is 0.848 bits per heavy atom. The molecule has 0 unspecified atom stereocenters. The van der Waals surface area contributed by atoms with Crippen LogP contribution in [-0.2, 0) is 74.9 Å². The maximum atomic E-state index is 16.1. The average molecular weight is 1120 g/mol. The lowest BCUT2D eigenvalue weighted by Crippen LogP contribution is -2.52. The van der Waals surface area contributed by atoms with E-state index in [0.29, 0.717) is 94.3 Å². The van der Waals surface area contributed by atoms with Gasteiger partial charge in [0.05, 0.1) is 70.7 Å². The Bertz CT molecular complexity index is 3700. The third kappa shape index (κ3) is 11.1. The number of halogens is 1. The van der Waals surface area contributed by atoms with Gasteiger partial charge in [-0.1, -0.05) is 43.7 Å². The molecule has 6 aromatic rings. The van der Waals surface area contributed by atoms with Gasteiger partial charge in [0, 0.05) is 54.0 Å². The maximum Gasteiger partial charge on any atom is 0.343 e. The number of sulfone groups is 1. The van der Waals surface area contributed by atoms with Crippen molar-refractivity contribution in [2.45, 2.75) is 99.1 Å². The van der Waals surface area contributed by atoms with Crippen LogP contribution < -0.4 is 42.2 Å². The number of rotatable bonds is 21. The van der Waals surface area contributed by atoms with E-state index < -0.39 is 88.0 Å². The highest BCUT2D eigenvalue weighted by Gasteiger charge is 2.46. The Hall–Kier alpha value is -8.16. The number of pyridine rings is 2. The number of ether oxygens (including phenoxy) is 2. The summed E-state index contributed by atoms with van der Waals surface area (Å²) in [5.74, 6) is -5.48. The average Bonchev–Trinajstić information content (AvgIpc) is 3.96. The first-order valence-corrected chi connectivity index (χ1v) is 28.1. The molecule has 0 spiro atoms. The first-order valence-electron chi connectivity index (χ1n) is 25.8. The predicted molar refractivity (Wildman–Crippen MR) is 284 cm³/mol. The number of amides is 6. The number of thiazole rings is 1. The van der Waals surface area contributed by atoms with Crippen LogP contribution in [0.1, 0.15) is 90.0 Å². The fourth-order valence-electron chi connectivity index (χ4n) is 9.93. The minimum absolute atomic E-state index is 0.00165. The van der Waals surface area contributed by atoms with E-state index in [-0.39, 0.29) is 82.6 Å². The van der Waals surface area contributed by atoms with Crippen molar-refractivity contribution >= 4 is 89.4 Å². The zero-order chi connectivity index (χ0) is 55.8. The zero-order valence-corrected chi connectivity index (χ0v) is 44.3. The summed E-state index contributed by atoms with van der Waals surface area (Å²) in [6.45, 7) is 0.193. The Morgan fingerprint density at radius 3 is 2.38 bits per heavy atom. The molecule has 22 nitrogen and oxygen atoms in total. The molecule has 0 saturated heterocycles. The lowest BCUT2D eigenvalue weighted by Gasteiger charge is -2.31. The van der Waals surface area contributed by atoms with Gasteiger partial charge in [0.15, 0.2) is 17.2 Å². The molecule has 1 fully saturated rings. The summed E-state index contributed by atoms with van der Waals surface area (Å²) < 4.78 is 54.5. The lowest BCUT2D eigenvalue weighted by molar-refractivity contribution is -0.172. The molecule has 3 aliphatic heterocycles. The Balaban J connectivity index is 0.685. The first-order chi connectivity index (χ1) is 37.9. The van der Waals surface area contributed by atoms with E-state index in [1.807, 2.05) is 0 Å². The van der Waals surface area contributed by atoms with Crippen molar-refractivity contribution in [3.05, 3.63) is 110 Å². The first kappa shape index (κ1) is 54.2. The molecule has 3 aromatic carbocycles. The van der Waals surface area contributed by atoms with Gasteiger partial charge in [0.2, 0.25) is 43.7 Å². The minimum Gasteiger partial charge on any atom is -0.490 e. The van der Waals surface area contributed by atoms with E-state index in [9.17, 15) is 51.9 Å². The molecule has 3 aromatic heterocycles. The van der Waals surface area contributed by atoms with Crippen molar-refractivity contribution in [1.82, 2.24) is 41.1 Å². The molecule has 10 rings (SSSR count). The number of hydrogen-bond donors (Lipinski definition) is 7. The van der Waals surface area contributed by atoms with Gasteiger partial charge in [0.1, 0.15) is 18.3 Å². The quantitative estimate of drug-likeness (QED) is 0.0402. The van der Waals surface area contributed by atoms with Crippen LogP contribution in [0, 0.1) is 5.82 Å². The summed E-state index contributed by atoms with van der Waals surface area (Å²) in [6.07, 6.45) is 3.32. The van der Waals surface area contributed by atoms with Crippen LogP contribution in [0.15, 0.2) is 69.8 Å². The molecule has 0 radical (unpaired) electrons. The van der Waals surface area contributed by atoms with Crippen LogP contribution in [0.3, 0.4) is 0 Å². The van der Waals surface area contributed by atoms with Crippen molar-refractivity contribution in [3.8, 4) is 17.1 Å². The van der Waals surface area contributed by atoms with Crippen LogP contribution >= 0.6 is 11.3 Å². The molecule has 6 amide bonds. The number of nitrogens with zero attached hydrogens (tertiary/aromatic N) is 3. The number of benzene rings is 3. The Kier molecular flexibility index (Phi) is 15.3. The van der Waals surface area contributed by atoms with Crippen molar-refractivity contribution in [3.63, 3.8) is 0 Å². The largest absolute Gasteiger partial charge is 0.490 e. The molecule has 1 aliphatic carbocycles.